The van der Waals surface area contributed by atoms with E-state index in [4.69, 9.17) is 11.6 Å². The van der Waals surface area contributed by atoms with Crippen molar-refractivity contribution in [2.24, 2.45) is 0 Å². The van der Waals surface area contributed by atoms with Crippen LogP contribution >= 0.6 is 11.6 Å². The van der Waals surface area contributed by atoms with Crippen LogP contribution in [0.25, 0.3) is 0 Å². The normalized spacial score (nSPS) is 13.3. The van der Waals surface area contributed by atoms with Crippen molar-refractivity contribution in [3.8, 4) is 0 Å². The lowest BCUT2D eigenvalue weighted by atomic mass is 10.00. The second kappa shape index (κ2) is 7.92. The Kier molecular flexibility index (Phi) is 5.62. The van der Waals surface area contributed by atoms with Crippen molar-refractivity contribution in [3.05, 3.63) is 64.2 Å². The van der Waals surface area contributed by atoms with Gasteiger partial charge in [0.25, 0.3) is 0 Å². The van der Waals surface area contributed by atoms with Crippen LogP contribution in [0, 0.1) is 6.92 Å². The number of aryl methyl sites for hydroxylation is 1. The third kappa shape index (κ3) is 4.07. The number of hydrogen-bond donors (Lipinski definition) is 0. The van der Waals surface area contributed by atoms with E-state index < -0.39 is 0 Å². The Hall–Kier alpha value is -2.33. The van der Waals surface area contributed by atoms with E-state index in [2.05, 4.69) is 12.1 Å². The molecule has 0 spiro atoms. The molecule has 2 amide bonds. The van der Waals surface area contributed by atoms with Crippen LogP contribution in [-0.4, -0.2) is 29.8 Å². The summed E-state index contributed by atoms with van der Waals surface area (Å²) in [5.41, 5.74) is 4.21. The van der Waals surface area contributed by atoms with Gasteiger partial charge in [-0.3, -0.25) is 9.59 Å². The van der Waals surface area contributed by atoms with Gasteiger partial charge in [0.05, 0.1) is 0 Å². The predicted octanol–water partition coefficient (Wildman–Crippen LogP) is 3.98. The monoisotopic (exact) mass is 370 g/mol. The van der Waals surface area contributed by atoms with Gasteiger partial charge in [-0.2, -0.15) is 0 Å². The summed E-state index contributed by atoms with van der Waals surface area (Å²) in [5.74, 6) is -0.0225. The third-order valence-corrected chi connectivity index (χ3v) is 5.29. The summed E-state index contributed by atoms with van der Waals surface area (Å²) >= 11 is 6.18. The van der Waals surface area contributed by atoms with Gasteiger partial charge in [0, 0.05) is 43.7 Å². The number of nitrogens with zero attached hydrogens (tertiary/aromatic N) is 2. The van der Waals surface area contributed by atoms with Gasteiger partial charge in [0.2, 0.25) is 11.8 Å². The number of fused-ring (bicyclic) bond motifs is 1. The smallest absolute Gasteiger partial charge is 0.224 e. The summed E-state index contributed by atoms with van der Waals surface area (Å²) in [6.45, 7) is 5.15. The average Bonchev–Trinajstić information content (AvgIpc) is 2.64. The first-order valence-electron chi connectivity index (χ1n) is 8.84. The van der Waals surface area contributed by atoms with E-state index in [9.17, 15) is 9.59 Å². The number of rotatable bonds is 4. The topological polar surface area (TPSA) is 40.6 Å². The molecule has 0 saturated heterocycles. The van der Waals surface area contributed by atoms with Crippen LogP contribution in [0.5, 0.6) is 0 Å². The van der Waals surface area contributed by atoms with E-state index in [-0.39, 0.29) is 11.8 Å². The Morgan fingerprint density at radius 3 is 2.58 bits per heavy atom. The molecule has 1 aliphatic rings. The largest absolute Gasteiger partial charge is 0.338 e. The number of carbonyl (C=O) groups excluding carboxylic acids is 2. The first kappa shape index (κ1) is 18.5. The maximum atomic E-state index is 12.6. The Morgan fingerprint density at radius 2 is 1.88 bits per heavy atom. The predicted molar refractivity (Wildman–Crippen MR) is 104 cm³/mol. The van der Waals surface area contributed by atoms with Gasteiger partial charge < -0.3 is 9.80 Å². The fraction of sp³-hybridized carbons (Fsp3) is 0.333. The van der Waals surface area contributed by atoms with E-state index in [1.807, 2.05) is 36.1 Å². The molecule has 0 unspecified atom stereocenters. The Bertz CT molecular complexity index is 835. The molecule has 1 aliphatic heterocycles. The van der Waals surface area contributed by atoms with E-state index in [1.54, 1.807) is 11.0 Å². The zero-order valence-electron chi connectivity index (χ0n) is 15.2. The van der Waals surface area contributed by atoms with E-state index in [0.29, 0.717) is 24.5 Å². The second-order valence-corrected chi connectivity index (χ2v) is 7.10. The molecule has 136 valence electrons. The van der Waals surface area contributed by atoms with Crippen molar-refractivity contribution in [3.63, 3.8) is 0 Å². The number of amides is 2. The number of anilines is 1. The summed E-state index contributed by atoms with van der Waals surface area (Å²) in [5, 5.41) is 0.618. The molecule has 1 heterocycles. The molecule has 2 aromatic carbocycles. The molecular formula is C21H23ClN2O2. The molecule has 26 heavy (non-hydrogen) atoms. The van der Waals surface area contributed by atoms with Crippen LogP contribution in [0.2, 0.25) is 5.02 Å². The highest BCUT2D eigenvalue weighted by atomic mass is 35.5. The quantitative estimate of drug-likeness (QED) is 0.816. The zero-order valence-corrected chi connectivity index (χ0v) is 15.9. The minimum Gasteiger partial charge on any atom is -0.338 e. The Balaban J connectivity index is 1.65. The zero-order chi connectivity index (χ0) is 18.7. The second-order valence-electron chi connectivity index (χ2n) is 6.69. The molecule has 0 radical (unpaired) electrons. The lowest BCUT2D eigenvalue weighted by molar-refractivity contribution is -0.131. The fourth-order valence-corrected chi connectivity index (χ4v) is 3.47. The number of halogens is 1. The average molecular weight is 371 g/mol. The highest BCUT2D eigenvalue weighted by Crippen LogP contribution is 2.24. The SMILES string of the molecule is CC(=O)N(CCC(=O)N1CCc2ccccc2C1)c1ccc(C)c(Cl)c1. The van der Waals surface area contributed by atoms with Crippen LogP contribution in [0.3, 0.4) is 0 Å². The standard InChI is InChI=1S/C21H23ClN2O2/c1-15-7-8-19(13-20(15)22)24(16(2)25)12-10-21(26)23-11-9-17-5-3-4-6-18(17)14-23/h3-8,13H,9-12,14H2,1-2H3. The highest BCUT2D eigenvalue weighted by molar-refractivity contribution is 6.31. The van der Waals surface area contributed by atoms with Crippen LogP contribution < -0.4 is 4.90 Å². The highest BCUT2D eigenvalue weighted by Gasteiger charge is 2.22. The molecule has 0 bridgehead atoms. The van der Waals surface area contributed by atoms with Gasteiger partial charge in [-0.05, 0) is 42.2 Å². The van der Waals surface area contributed by atoms with Crippen LogP contribution in [-0.2, 0) is 22.6 Å². The van der Waals surface area contributed by atoms with Crippen molar-refractivity contribution in [2.45, 2.75) is 33.2 Å². The maximum absolute atomic E-state index is 12.6. The molecule has 0 atom stereocenters. The van der Waals surface area contributed by atoms with Gasteiger partial charge in [0.15, 0.2) is 0 Å². The molecular weight excluding hydrogens is 348 g/mol. The van der Waals surface area contributed by atoms with Crippen molar-refractivity contribution in [2.75, 3.05) is 18.0 Å². The molecule has 0 saturated carbocycles. The maximum Gasteiger partial charge on any atom is 0.224 e. The summed E-state index contributed by atoms with van der Waals surface area (Å²) in [6.07, 6.45) is 1.18. The summed E-state index contributed by atoms with van der Waals surface area (Å²) < 4.78 is 0. The summed E-state index contributed by atoms with van der Waals surface area (Å²) in [6, 6.07) is 13.8. The van der Waals surface area contributed by atoms with Crippen molar-refractivity contribution in [1.82, 2.24) is 4.90 Å². The first-order chi connectivity index (χ1) is 12.5. The summed E-state index contributed by atoms with van der Waals surface area (Å²) in [4.78, 5) is 28.2. The molecule has 3 rings (SSSR count). The summed E-state index contributed by atoms with van der Waals surface area (Å²) in [7, 11) is 0. The van der Waals surface area contributed by atoms with Crippen molar-refractivity contribution < 1.29 is 9.59 Å². The van der Waals surface area contributed by atoms with Gasteiger partial charge in [-0.25, -0.2) is 0 Å². The Labute approximate surface area is 159 Å². The van der Waals surface area contributed by atoms with Crippen LogP contribution in [0.15, 0.2) is 42.5 Å². The number of hydrogen-bond acceptors (Lipinski definition) is 2. The van der Waals surface area contributed by atoms with Gasteiger partial charge in [0.1, 0.15) is 0 Å². The Morgan fingerprint density at radius 1 is 1.15 bits per heavy atom. The molecule has 4 nitrogen and oxygen atoms in total. The van der Waals surface area contributed by atoms with Crippen molar-refractivity contribution in [1.29, 1.82) is 0 Å². The minimum atomic E-state index is -0.0956. The van der Waals surface area contributed by atoms with Gasteiger partial charge in [-0.1, -0.05) is 41.9 Å². The van der Waals surface area contributed by atoms with E-state index in [1.165, 1.54) is 18.1 Å². The lowest BCUT2D eigenvalue weighted by Crippen LogP contribution is -2.39. The van der Waals surface area contributed by atoms with Gasteiger partial charge >= 0.3 is 0 Å². The third-order valence-electron chi connectivity index (χ3n) is 4.88. The van der Waals surface area contributed by atoms with Crippen molar-refractivity contribution >= 4 is 29.1 Å². The molecule has 5 heteroatoms. The number of carbonyl (C=O) groups is 2. The lowest BCUT2D eigenvalue weighted by Gasteiger charge is -2.30. The minimum absolute atomic E-state index is 0.0731. The number of benzene rings is 2. The molecule has 0 aliphatic carbocycles. The fourth-order valence-electron chi connectivity index (χ4n) is 3.29. The first-order valence-corrected chi connectivity index (χ1v) is 9.22. The molecule has 0 aromatic heterocycles. The molecule has 0 N–H and O–H groups in total. The van der Waals surface area contributed by atoms with E-state index in [0.717, 1.165) is 24.2 Å². The molecule has 0 fully saturated rings. The van der Waals surface area contributed by atoms with Gasteiger partial charge in [-0.15, -0.1) is 0 Å². The van der Waals surface area contributed by atoms with Crippen LogP contribution in [0.4, 0.5) is 5.69 Å². The van der Waals surface area contributed by atoms with E-state index >= 15 is 0 Å². The molecule has 2 aromatic rings. The van der Waals surface area contributed by atoms with Crippen LogP contribution in [0.1, 0.15) is 30.0 Å².